The minimum Gasteiger partial charge on any atom is -0.379 e. The Labute approximate surface area is 152 Å². The van der Waals surface area contributed by atoms with Gasteiger partial charge in [-0.3, -0.25) is 14.5 Å². The Morgan fingerprint density at radius 1 is 1.28 bits per heavy atom. The first-order valence-corrected chi connectivity index (χ1v) is 9.85. The third-order valence-corrected chi connectivity index (χ3v) is 5.50. The van der Waals surface area contributed by atoms with Crippen molar-refractivity contribution >= 4 is 23.6 Å². The molecule has 3 rings (SSSR count). The number of carbonyl (C=O) groups is 2. The number of nitrogens with zero attached hydrogens (tertiary/aromatic N) is 2. The SMILES string of the molecule is C[C@H](CN1CCOCC1)NC(=O)[C@H]1CSCN1C(=O)c1ccccc1. The third-order valence-electron chi connectivity index (χ3n) is 4.49. The molecule has 1 aromatic rings. The monoisotopic (exact) mass is 363 g/mol. The maximum absolute atomic E-state index is 12.7. The molecule has 0 aromatic heterocycles. The molecule has 2 amide bonds. The second-order valence-electron chi connectivity index (χ2n) is 6.48. The molecule has 25 heavy (non-hydrogen) atoms. The fraction of sp³-hybridized carbons (Fsp3) is 0.556. The van der Waals surface area contributed by atoms with Crippen LogP contribution >= 0.6 is 11.8 Å². The van der Waals surface area contributed by atoms with Gasteiger partial charge in [0.25, 0.3) is 5.91 Å². The summed E-state index contributed by atoms with van der Waals surface area (Å²) < 4.78 is 5.35. The molecule has 2 atom stereocenters. The van der Waals surface area contributed by atoms with Crippen molar-refractivity contribution in [2.45, 2.75) is 19.0 Å². The maximum atomic E-state index is 12.7. The van der Waals surface area contributed by atoms with Crippen LogP contribution in [0, 0.1) is 0 Å². The van der Waals surface area contributed by atoms with E-state index in [1.165, 1.54) is 0 Å². The zero-order valence-corrected chi connectivity index (χ0v) is 15.3. The summed E-state index contributed by atoms with van der Waals surface area (Å²) >= 11 is 1.62. The molecular formula is C18H25N3O3S. The lowest BCUT2D eigenvalue weighted by Crippen LogP contribution is -2.52. The van der Waals surface area contributed by atoms with Crippen LogP contribution in [0.15, 0.2) is 30.3 Å². The lowest BCUT2D eigenvalue weighted by Gasteiger charge is -2.30. The number of hydrogen-bond acceptors (Lipinski definition) is 5. The van der Waals surface area contributed by atoms with Crippen LogP contribution in [-0.2, 0) is 9.53 Å². The van der Waals surface area contributed by atoms with Crippen molar-refractivity contribution in [1.29, 1.82) is 0 Å². The highest BCUT2D eigenvalue weighted by Gasteiger charge is 2.35. The van der Waals surface area contributed by atoms with E-state index >= 15 is 0 Å². The van der Waals surface area contributed by atoms with Crippen molar-refractivity contribution in [3.8, 4) is 0 Å². The number of morpholine rings is 1. The molecule has 2 saturated heterocycles. The number of thioether (sulfide) groups is 1. The Morgan fingerprint density at radius 2 is 2.00 bits per heavy atom. The number of rotatable bonds is 5. The van der Waals surface area contributed by atoms with Crippen LogP contribution < -0.4 is 5.32 Å². The smallest absolute Gasteiger partial charge is 0.255 e. The predicted molar refractivity (Wildman–Crippen MR) is 98.6 cm³/mol. The normalized spacial score (nSPS) is 22.6. The zero-order chi connectivity index (χ0) is 17.6. The number of ether oxygens (including phenoxy) is 1. The molecule has 0 spiro atoms. The van der Waals surface area contributed by atoms with Gasteiger partial charge in [-0.25, -0.2) is 0 Å². The summed E-state index contributed by atoms with van der Waals surface area (Å²) in [6.45, 7) is 6.12. The summed E-state index contributed by atoms with van der Waals surface area (Å²) in [5.41, 5.74) is 0.629. The second kappa shape index (κ2) is 8.69. The van der Waals surface area contributed by atoms with Crippen molar-refractivity contribution in [2.75, 3.05) is 44.5 Å². The van der Waals surface area contributed by atoms with Gasteiger partial charge in [0.1, 0.15) is 6.04 Å². The van der Waals surface area contributed by atoms with Gasteiger partial charge in [-0.1, -0.05) is 18.2 Å². The van der Waals surface area contributed by atoms with Crippen molar-refractivity contribution in [2.24, 2.45) is 0 Å². The molecule has 0 unspecified atom stereocenters. The van der Waals surface area contributed by atoms with Crippen molar-refractivity contribution < 1.29 is 14.3 Å². The summed E-state index contributed by atoms with van der Waals surface area (Å²) in [5, 5.41) is 3.08. The van der Waals surface area contributed by atoms with E-state index in [9.17, 15) is 9.59 Å². The van der Waals surface area contributed by atoms with Crippen LogP contribution in [-0.4, -0.2) is 78.2 Å². The van der Waals surface area contributed by atoms with Gasteiger partial charge in [0.05, 0.1) is 19.1 Å². The Balaban J connectivity index is 1.56. The minimum absolute atomic E-state index is 0.0462. The average Bonchev–Trinajstić information content (AvgIpc) is 3.12. The highest BCUT2D eigenvalue weighted by atomic mass is 32.2. The molecule has 0 bridgehead atoms. The summed E-state index contributed by atoms with van der Waals surface area (Å²) in [7, 11) is 0. The van der Waals surface area contributed by atoms with E-state index in [1.807, 2.05) is 25.1 Å². The summed E-state index contributed by atoms with van der Waals surface area (Å²) in [5.74, 6) is 1.07. The molecule has 0 saturated carbocycles. The molecule has 0 radical (unpaired) electrons. The zero-order valence-electron chi connectivity index (χ0n) is 14.5. The van der Waals surface area contributed by atoms with E-state index < -0.39 is 6.04 Å². The van der Waals surface area contributed by atoms with Crippen LogP contribution in [0.4, 0.5) is 0 Å². The first-order valence-electron chi connectivity index (χ1n) is 8.69. The summed E-state index contributed by atoms with van der Waals surface area (Å²) in [6.07, 6.45) is 0. The second-order valence-corrected chi connectivity index (χ2v) is 7.48. The Bertz CT molecular complexity index is 592. The molecule has 2 fully saturated rings. The van der Waals surface area contributed by atoms with E-state index in [0.29, 0.717) is 17.2 Å². The first kappa shape index (κ1) is 18.2. The number of benzene rings is 1. The molecule has 2 aliphatic heterocycles. The van der Waals surface area contributed by atoms with Gasteiger partial charge in [-0.2, -0.15) is 0 Å². The quantitative estimate of drug-likeness (QED) is 0.847. The van der Waals surface area contributed by atoms with E-state index in [4.69, 9.17) is 4.74 Å². The highest BCUT2D eigenvalue weighted by Crippen LogP contribution is 2.23. The molecule has 1 aromatic carbocycles. The van der Waals surface area contributed by atoms with Crippen molar-refractivity contribution in [3.63, 3.8) is 0 Å². The molecule has 2 aliphatic rings. The highest BCUT2D eigenvalue weighted by molar-refractivity contribution is 7.99. The fourth-order valence-corrected chi connectivity index (χ4v) is 4.32. The van der Waals surface area contributed by atoms with Crippen LogP contribution in [0.25, 0.3) is 0 Å². The Kier molecular flexibility index (Phi) is 6.34. The lowest BCUT2D eigenvalue weighted by molar-refractivity contribution is -0.125. The lowest BCUT2D eigenvalue weighted by atomic mass is 10.1. The van der Waals surface area contributed by atoms with Crippen LogP contribution in [0.5, 0.6) is 0 Å². The topological polar surface area (TPSA) is 61.9 Å². The Morgan fingerprint density at radius 3 is 2.72 bits per heavy atom. The average molecular weight is 363 g/mol. The molecular weight excluding hydrogens is 338 g/mol. The predicted octanol–water partition coefficient (Wildman–Crippen LogP) is 1.04. The third kappa shape index (κ3) is 4.74. The van der Waals surface area contributed by atoms with Crippen LogP contribution in [0.1, 0.15) is 17.3 Å². The molecule has 1 N–H and O–H groups in total. The maximum Gasteiger partial charge on any atom is 0.255 e. The van der Waals surface area contributed by atoms with E-state index in [1.54, 1.807) is 28.8 Å². The summed E-state index contributed by atoms with van der Waals surface area (Å²) in [6, 6.07) is 8.80. The minimum atomic E-state index is -0.398. The Hall–Kier alpha value is -1.57. The van der Waals surface area contributed by atoms with Gasteiger partial charge >= 0.3 is 0 Å². The van der Waals surface area contributed by atoms with Crippen LogP contribution in [0.3, 0.4) is 0 Å². The number of carbonyl (C=O) groups excluding carboxylic acids is 2. The van der Waals surface area contributed by atoms with Gasteiger partial charge in [0, 0.05) is 37.0 Å². The summed E-state index contributed by atoms with van der Waals surface area (Å²) in [4.78, 5) is 29.3. The molecule has 7 heteroatoms. The van der Waals surface area contributed by atoms with Crippen LogP contribution in [0.2, 0.25) is 0 Å². The molecule has 0 aliphatic carbocycles. The van der Waals surface area contributed by atoms with Crippen molar-refractivity contribution in [3.05, 3.63) is 35.9 Å². The number of nitrogens with one attached hydrogen (secondary N) is 1. The largest absolute Gasteiger partial charge is 0.379 e. The first-order chi connectivity index (χ1) is 12.1. The van der Waals surface area contributed by atoms with E-state index in [2.05, 4.69) is 10.2 Å². The number of amides is 2. The molecule has 2 heterocycles. The fourth-order valence-electron chi connectivity index (χ4n) is 3.16. The van der Waals surface area contributed by atoms with Gasteiger partial charge in [-0.05, 0) is 19.1 Å². The van der Waals surface area contributed by atoms with E-state index in [0.717, 1.165) is 32.8 Å². The van der Waals surface area contributed by atoms with E-state index in [-0.39, 0.29) is 17.9 Å². The number of hydrogen-bond donors (Lipinski definition) is 1. The standard InChI is InChI=1S/C18H25N3O3S/c1-14(11-20-7-9-24-10-8-20)19-17(22)16-12-25-13-21(16)18(23)15-5-3-2-4-6-15/h2-6,14,16H,7-13H2,1H3,(H,19,22)/t14-,16-/m1/s1. The van der Waals surface area contributed by atoms with Gasteiger partial charge < -0.3 is 15.0 Å². The molecule has 6 nitrogen and oxygen atoms in total. The van der Waals surface area contributed by atoms with Gasteiger partial charge in [0.15, 0.2) is 0 Å². The molecule has 136 valence electrons. The van der Waals surface area contributed by atoms with Gasteiger partial charge in [-0.15, -0.1) is 11.8 Å². The van der Waals surface area contributed by atoms with Gasteiger partial charge in [0.2, 0.25) is 5.91 Å². The van der Waals surface area contributed by atoms with Crippen molar-refractivity contribution in [1.82, 2.24) is 15.1 Å².